The first-order valence-corrected chi connectivity index (χ1v) is 9.92. The quantitative estimate of drug-likeness (QED) is 0.621. The van der Waals surface area contributed by atoms with Crippen molar-refractivity contribution in [3.63, 3.8) is 0 Å². The Morgan fingerprint density at radius 1 is 1.15 bits per heavy atom. The highest BCUT2D eigenvalue weighted by Crippen LogP contribution is 2.28. The molecule has 6 heteroatoms. The summed E-state index contributed by atoms with van der Waals surface area (Å²) in [5.74, 6) is 1.14. The average molecular weight is 426 g/mol. The lowest BCUT2D eigenvalue weighted by Crippen LogP contribution is -2.37. The molecule has 0 spiro atoms. The molecule has 0 unspecified atom stereocenters. The minimum absolute atomic E-state index is 0.0746. The van der Waals surface area contributed by atoms with Crippen LogP contribution in [0.25, 0.3) is 11.4 Å². The number of hydrogen-bond acceptors (Lipinski definition) is 4. The van der Waals surface area contributed by atoms with Gasteiger partial charge in [0.2, 0.25) is 17.6 Å². The van der Waals surface area contributed by atoms with Crippen LogP contribution in [0.4, 0.5) is 0 Å². The maximum atomic E-state index is 12.5. The standard InChI is InChI=1S/C21H20BrN3O2/c22-17-11-9-15(10-12-17)19-24-21(27-25-19)18(13-14-5-2-1-3-6-14)23-20(26)16-7-4-8-16/h1-3,5-6,9-12,16,18H,4,7-8,13H2,(H,23,26)/t18-/m0/s1. The van der Waals surface area contributed by atoms with Crippen molar-refractivity contribution in [2.24, 2.45) is 5.92 Å². The molecular formula is C21H20BrN3O2. The Hall–Kier alpha value is -2.47. The van der Waals surface area contributed by atoms with E-state index in [9.17, 15) is 4.79 Å². The molecule has 4 rings (SSSR count). The summed E-state index contributed by atoms with van der Waals surface area (Å²) in [6.07, 6.45) is 3.65. The molecule has 3 aromatic rings. The Morgan fingerprint density at radius 2 is 1.89 bits per heavy atom. The van der Waals surface area contributed by atoms with Crippen LogP contribution in [0.2, 0.25) is 0 Å². The predicted octanol–water partition coefficient (Wildman–Crippen LogP) is 4.70. The Morgan fingerprint density at radius 3 is 2.56 bits per heavy atom. The number of nitrogens with zero attached hydrogens (tertiary/aromatic N) is 2. The maximum Gasteiger partial charge on any atom is 0.249 e. The molecule has 2 aromatic carbocycles. The Balaban J connectivity index is 1.57. The molecule has 0 saturated heterocycles. The highest BCUT2D eigenvalue weighted by Gasteiger charge is 2.29. The van der Waals surface area contributed by atoms with E-state index in [1.54, 1.807) is 0 Å². The fourth-order valence-electron chi connectivity index (χ4n) is 3.10. The molecule has 1 fully saturated rings. The van der Waals surface area contributed by atoms with E-state index in [1.807, 2.05) is 54.6 Å². The summed E-state index contributed by atoms with van der Waals surface area (Å²) in [6, 6.07) is 17.4. The van der Waals surface area contributed by atoms with E-state index in [0.717, 1.165) is 34.9 Å². The SMILES string of the molecule is O=C(N[C@@H](Cc1ccccc1)c1nc(-c2ccc(Br)cc2)no1)C1CCC1. The van der Waals surface area contributed by atoms with Crippen LogP contribution in [0.1, 0.15) is 36.8 Å². The van der Waals surface area contributed by atoms with Crippen molar-refractivity contribution in [1.29, 1.82) is 0 Å². The first-order valence-electron chi connectivity index (χ1n) is 9.13. The summed E-state index contributed by atoms with van der Waals surface area (Å²) >= 11 is 3.42. The van der Waals surface area contributed by atoms with E-state index in [1.165, 1.54) is 0 Å². The summed E-state index contributed by atoms with van der Waals surface area (Å²) < 4.78 is 6.52. The number of carbonyl (C=O) groups excluding carboxylic acids is 1. The summed E-state index contributed by atoms with van der Waals surface area (Å²) in [5, 5.41) is 7.23. The van der Waals surface area contributed by atoms with Crippen LogP contribution >= 0.6 is 15.9 Å². The van der Waals surface area contributed by atoms with Gasteiger partial charge >= 0.3 is 0 Å². The fourth-order valence-corrected chi connectivity index (χ4v) is 3.37. The zero-order valence-corrected chi connectivity index (χ0v) is 16.4. The predicted molar refractivity (Wildman–Crippen MR) is 106 cm³/mol. The molecule has 5 nitrogen and oxygen atoms in total. The van der Waals surface area contributed by atoms with Crippen molar-refractivity contribution in [2.45, 2.75) is 31.7 Å². The molecule has 1 aliphatic rings. The van der Waals surface area contributed by atoms with E-state index in [4.69, 9.17) is 4.52 Å². The second-order valence-corrected chi connectivity index (χ2v) is 7.76. The molecule has 1 saturated carbocycles. The van der Waals surface area contributed by atoms with Gasteiger partial charge in [-0.1, -0.05) is 57.8 Å². The monoisotopic (exact) mass is 425 g/mol. The smallest absolute Gasteiger partial charge is 0.249 e. The van der Waals surface area contributed by atoms with Crippen LogP contribution < -0.4 is 5.32 Å². The third-order valence-corrected chi connectivity index (χ3v) is 5.45. The normalized spacial score (nSPS) is 15.1. The number of rotatable bonds is 6. The van der Waals surface area contributed by atoms with Crippen LogP contribution in [0, 0.1) is 5.92 Å². The molecule has 1 heterocycles. The van der Waals surface area contributed by atoms with Gasteiger partial charge in [-0.05, 0) is 42.7 Å². The number of nitrogens with one attached hydrogen (secondary N) is 1. The van der Waals surface area contributed by atoms with Gasteiger partial charge in [0.25, 0.3) is 0 Å². The van der Waals surface area contributed by atoms with Gasteiger partial charge in [-0.2, -0.15) is 4.98 Å². The van der Waals surface area contributed by atoms with E-state index >= 15 is 0 Å². The number of benzene rings is 2. The molecule has 0 bridgehead atoms. The fraction of sp³-hybridized carbons (Fsp3) is 0.286. The molecule has 0 aliphatic heterocycles. The minimum atomic E-state index is -0.336. The van der Waals surface area contributed by atoms with E-state index in [2.05, 4.69) is 31.4 Å². The second-order valence-electron chi connectivity index (χ2n) is 6.84. The first-order chi connectivity index (χ1) is 13.2. The van der Waals surface area contributed by atoms with Gasteiger partial charge in [0.1, 0.15) is 6.04 Å². The summed E-state index contributed by atoms with van der Waals surface area (Å²) in [4.78, 5) is 17.1. The van der Waals surface area contributed by atoms with Crippen molar-refractivity contribution in [3.05, 3.63) is 70.5 Å². The number of amides is 1. The van der Waals surface area contributed by atoms with Crippen molar-refractivity contribution in [1.82, 2.24) is 15.5 Å². The van der Waals surface area contributed by atoms with E-state index < -0.39 is 0 Å². The van der Waals surface area contributed by atoms with Gasteiger partial charge in [-0.15, -0.1) is 0 Å². The van der Waals surface area contributed by atoms with Gasteiger partial charge in [0.15, 0.2) is 0 Å². The van der Waals surface area contributed by atoms with Crippen molar-refractivity contribution < 1.29 is 9.32 Å². The van der Waals surface area contributed by atoms with Crippen molar-refractivity contribution >= 4 is 21.8 Å². The largest absolute Gasteiger partial charge is 0.344 e. The second kappa shape index (κ2) is 8.05. The first kappa shape index (κ1) is 17.9. The third-order valence-electron chi connectivity index (χ3n) is 4.92. The molecule has 1 aromatic heterocycles. The molecule has 1 atom stereocenters. The van der Waals surface area contributed by atoms with Crippen LogP contribution in [-0.2, 0) is 11.2 Å². The molecule has 27 heavy (non-hydrogen) atoms. The van der Waals surface area contributed by atoms with Crippen LogP contribution in [0.3, 0.4) is 0 Å². The number of aromatic nitrogens is 2. The lowest BCUT2D eigenvalue weighted by Gasteiger charge is -2.26. The molecule has 1 aliphatic carbocycles. The summed E-state index contributed by atoms with van der Waals surface area (Å²) in [6.45, 7) is 0. The van der Waals surface area contributed by atoms with Crippen LogP contribution in [0.15, 0.2) is 63.6 Å². The Kier molecular flexibility index (Phi) is 5.34. The zero-order valence-electron chi connectivity index (χ0n) is 14.8. The molecular weight excluding hydrogens is 406 g/mol. The molecule has 0 radical (unpaired) electrons. The average Bonchev–Trinajstić information content (AvgIpc) is 3.11. The number of halogens is 1. The van der Waals surface area contributed by atoms with Gasteiger partial charge in [0, 0.05) is 22.4 Å². The lowest BCUT2D eigenvalue weighted by molar-refractivity contribution is -0.128. The third kappa shape index (κ3) is 4.27. The molecule has 1 amide bonds. The highest BCUT2D eigenvalue weighted by molar-refractivity contribution is 9.10. The van der Waals surface area contributed by atoms with Gasteiger partial charge in [0.05, 0.1) is 0 Å². The maximum absolute atomic E-state index is 12.5. The van der Waals surface area contributed by atoms with Crippen molar-refractivity contribution in [3.8, 4) is 11.4 Å². The van der Waals surface area contributed by atoms with Gasteiger partial charge < -0.3 is 9.84 Å². The lowest BCUT2D eigenvalue weighted by atomic mass is 9.84. The molecule has 1 N–H and O–H groups in total. The van der Waals surface area contributed by atoms with Gasteiger partial charge in [-0.3, -0.25) is 4.79 Å². The van der Waals surface area contributed by atoms with Crippen molar-refractivity contribution in [2.75, 3.05) is 0 Å². The highest BCUT2D eigenvalue weighted by atomic mass is 79.9. The zero-order chi connectivity index (χ0) is 18.6. The molecule has 138 valence electrons. The van der Waals surface area contributed by atoms with Gasteiger partial charge in [-0.25, -0.2) is 0 Å². The minimum Gasteiger partial charge on any atom is -0.344 e. The van der Waals surface area contributed by atoms with E-state index in [0.29, 0.717) is 18.1 Å². The number of carbonyl (C=O) groups is 1. The van der Waals surface area contributed by atoms with Crippen LogP contribution in [0.5, 0.6) is 0 Å². The van der Waals surface area contributed by atoms with Crippen LogP contribution in [-0.4, -0.2) is 16.0 Å². The summed E-state index contributed by atoms with van der Waals surface area (Å²) in [5.41, 5.74) is 1.98. The topological polar surface area (TPSA) is 68.0 Å². The number of hydrogen-bond donors (Lipinski definition) is 1. The Labute approximate surface area is 166 Å². The Bertz CT molecular complexity index is 905. The summed E-state index contributed by atoms with van der Waals surface area (Å²) in [7, 11) is 0. The van der Waals surface area contributed by atoms with E-state index in [-0.39, 0.29) is 17.9 Å².